The topological polar surface area (TPSA) is 115 Å². The third-order valence-electron chi connectivity index (χ3n) is 4.67. The molecule has 0 atom stereocenters. The number of aliphatic carboxylic acids is 1. The minimum atomic E-state index is -0.919. The number of carboxylic acid groups (broad SMARTS) is 1. The third kappa shape index (κ3) is 4.65. The van der Waals surface area contributed by atoms with E-state index in [1.807, 2.05) is 32.0 Å². The fourth-order valence-electron chi connectivity index (χ4n) is 3.32. The lowest BCUT2D eigenvalue weighted by Gasteiger charge is -2.12. The van der Waals surface area contributed by atoms with Crippen LogP contribution in [0.4, 0.5) is 5.69 Å². The molecule has 8 heteroatoms. The number of amides is 1. The van der Waals surface area contributed by atoms with Gasteiger partial charge in [-0.1, -0.05) is 41.5 Å². The summed E-state index contributed by atoms with van der Waals surface area (Å²) in [4.78, 5) is 23.1. The molecule has 0 spiro atoms. The van der Waals surface area contributed by atoms with E-state index in [2.05, 4.69) is 21.7 Å². The van der Waals surface area contributed by atoms with Crippen molar-refractivity contribution < 1.29 is 19.8 Å². The second-order valence-corrected chi connectivity index (χ2v) is 7.26. The lowest BCUT2D eigenvalue weighted by Crippen LogP contribution is -2.29. The molecule has 30 heavy (non-hydrogen) atoms. The fourth-order valence-corrected chi connectivity index (χ4v) is 3.32. The number of carboxylic acids is 1. The first-order valence-electron chi connectivity index (χ1n) is 9.60. The van der Waals surface area contributed by atoms with Gasteiger partial charge >= 0.3 is 5.97 Å². The van der Waals surface area contributed by atoms with E-state index >= 15 is 0 Å². The number of anilines is 1. The fraction of sp³-hybridized carbons (Fsp3) is 0.273. The third-order valence-corrected chi connectivity index (χ3v) is 4.67. The number of carbonyl (C=O) groups excluding carboxylic acids is 1. The average Bonchev–Trinajstić information content (AvgIpc) is 2.93. The van der Waals surface area contributed by atoms with Gasteiger partial charge < -0.3 is 10.2 Å². The average molecular weight is 408 g/mol. The van der Waals surface area contributed by atoms with Gasteiger partial charge in [0.2, 0.25) is 0 Å². The van der Waals surface area contributed by atoms with Crippen LogP contribution in [0.2, 0.25) is 0 Å². The van der Waals surface area contributed by atoms with E-state index in [0.29, 0.717) is 23.4 Å². The van der Waals surface area contributed by atoms with Crippen LogP contribution in [0.25, 0.3) is 11.1 Å². The Morgan fingerprint density at radius 2 is 1.87 bits per heavy atom. The molecule has 3 rings (SSSR count). The molecule has 0 fully saturated rings. The van der Waals surface area contributed by atoms with Gasteiger partial charge in [-0.2, -0.15) is 10.2 Å². The highest BCUT2D eigenvalue weighted by Gasteiger charge is 2.29. The van der Waals surface area contributed by atoms with E-state index in [1.54, 1.807) is 19.1 Å². The van der Waals surface area contributed by atoms with Crippen LogP contribution in [0.3, 0.4) is 0 Å². The van der Waals surface area contributed by atoms with Crippen molar-refractivity contribution in [2.24, 2.45) is 10.2 Å². The van der Waals surface area contributed by atoms with E-state index < -0.39 is 11.9 Å². The first-order valence-corrected chi connectivity index (χ1v) is 9.60. The van der Waals surface area contributed by atoms with E-state index in [1.165, 1.54) is 5.01 Å². The number of hydrazone groups is 2. The maximum atomic E-state index is 12.5. The van der Waals surface area contributed by atoms with Crippen molar-refractivity contribution in [3.05, 3.63) is 47.5 Å². The molecule has 1 aliphatic rings. The Morgan fingerprint density at radius 3 is 2.53 bits per heavy atom. The second-order valence-electron chi connectivity index (χ2n) is 7.26. The number of aromatic hydroxyl groups is 1. The number of rotatable bonds is 7. The number of hydrogen-bond acceptors (Lipinski definition) is 6. The number of nitrogens with zero attached hydrogens (tertiary/aromatic N) is 3. The zero-order chi connectivity index (χ0) is 21.8. The first-order chi connectivity index (χ1) is 14.3. The highest BCUT2D eigenvalue weighted by Crippen LogP contribution is 2.36. The standard InChI is InChI=1S/C22H24N4O4/c1-13-10-14(2)12-16(11-13)17-6-4-7-18(21(17)29)23-24-20-15(3)25-26(22(20)30)9-5-8-19(27)28/h4,6-7,10-12,23,29H,5,8-9H2,1-3H3,(H,27,28)/b24-20-. The molecule has 0 unspecified atom stereocenters. The Balaban J connectivity index is 1.79. The van der Waals surface area contributed by atoms with Crippen LogP contribution in [-0.2, 0) is 9.59 Å². The van der Waals surface area contributed by atoms with E-state index in [4.69, 9.17) is 5.11 Å². The number of hydrogen-bond donors (Lipinski definition) is 3. The molecule has 0 bridgehead atoms. The van der Waals surface area contributed by atoms with Gasteiger partial charge in [0.1, 0.15) is 5.75 Å². The number of carbonyl (C=O) groups is 2. The Hall–Kier alpha value is -3.68. The smallest absolute Gasteiger partial charge is 0.303 e. The summed E-state index contributed by atoms with van der Waals surface area (Å²) in [7, 11) is 0. The van der Waals surface area contributed by atoms with E-state index in [0.717, 1.165) is 16.7 Å². The van der Waals surface area contributed by atoms with Crippen LogP contribution >= 0.6 is 0 Å². The van der Waals surface area contributed by atoms with Gasteiger partial charge in [0.15, 0.2) is 5.71 Å². The highest BCUT2D eigenvalue weighted by molar-refractivity contribution is 6.68. The van der Waals surface area contributed by atoms with Crippen LogP contribution < -0.4 is 5.43 Å². The van der Waals surface area contributed by atoms with Crippen molar-refractivity contribution >= 4 is 29.0 Å². The highest BCUT2D eigenvalue weighted by atomic mass is 16.4. The first kappa shape index (κ1) is 21.0. The summed E-state index contributed by atoms with van der Waals surface area (Å²) in [5.41, 5.74) is 7.41. The minimum Gasteiger partial charge on any atom is -0.505 e. The normalized spacial score (nSPS) is 14.9. The lowest BCUT2D eigenvalue weighted by atomic mass is 9.99. The summed E-state index contributed by atoms with van der Waals surface area (Å²) in [5, 5.41) is 29.0. The van der Waals surface area contributed by atoms with Gasteiger partial charge in [-0.3, -0.25) is 15.0 Å². The van der Waals surface area contributed by atoms with Crippen LogP contribution in [0.1, 0.15) is 30.9 Å². The van der Waals surface area contributed by atoms with Crippen LogP contribution in [0.5, 0.6) is 5.75 Å². The van der Waals surface area contributed by atoms with Crippen molar-refractivity contribution in [1.29, 1.82) is 0 Å². The molecule has 1 aliphatic heterocycles. The zero-order valence-electron chi connectivity index (χ0n) is 17.1. The largest absolute Gasteiger partial charge is 0.505 e. The monoisotopic (exact) mass is 408 g/mol. The Bertz CT molecular complexity index is 1040. The molecule has 156 valence electrons. The molecule has 0 saturated carbocycles. The maximum absolute atomic E-state index is 12.5. The molecule has 8 nitrogen and oxygen atoms in total. The molecule has 0 radical (unpaired) electrons. The maximum Gasteiger partial charge on any atom is 0.303 e. The van der Waals surface area contributed by atoms with Crippen LogP contribution in [0, 0.1) is 13.8 Å². The van der Waals surface area contributed by atoms with Crippen molar-refractivity contribution in [1.82, 2.24) is 5.01 Å². The molecule has 0 aromatic heterocycles. The van der Waals surface area contributed by atoms with Gasteiger partial charge in [-0.05, 0) is 38.8 Å². The Morgan fingerprint density at radius 1 is 1.17 bits per heavy atom. The van der Waals surface area contributed by atoms with Gasteiger partial charge in [-0.15, -0.1) is 0 Å². The summed E-state index contributed by atoms with van der Waals surface area (Å²) < 4.78 is 0. The number of para-hydroxylation sites is 1. The van der Waals surface area contributed by atoms with Gasteiger partial charge in [0.25, 0.3) is 5.91 Å². The van der Waals surface area contributed by atoms with E-state index in [-0.39, 0.29) is 24.4 Å². The SMILES string of the molecule is CC1=NN(CCCC(=O)O)C(=O)/C1=N\Nc1cccc(-c2cc(C)cc(C)c2)c1O. The second kappa shape index (κ2) is 8.77. The van der Waals surface area contributed by atoms with Crippen molar-refractivity contribution in [3.8, 4) is 16.9 Å². The molecule has 2 aromatic rings. The van der Waals surface area contributed by atoms with Crippen molar-refractivity contribution in [2.45, 2.75) is 33.6 Å². The number of nitrogens with one attached hydrogen (secondary N) is 1. The predicted octanol–water partition coefficient (Wildman–Crippen LogP) is 3.53. The molecular formula is C22H24N4O4. The van der Waals surface area contributed by atoms with Crippen LogP contribution in [-0.4, -0.2) is 45.1 Å². The predicted molar refractivity (Wildman–Crippen MR) is 116 cm³/mol. The number of phenolic OH excluding ortho intramolecular Hbond substituents is 1. The molecule has 3 N–H and O–H groups in total. The van der Waals surface area contributed by atoms with Gasteiger partial charge in [0.05, 0.1) is 11.4 Å². The quantitative estimate of drug-likeness (QED) is 0.479. The summed E-state index contributed by atoms with van der Waals surface area (Å²) >= 11 is 0. The molecule has 2 aromatic carbocycles. The van der Waals surface area contributed by atoms with Crippen molar-refractivity contribution in [2.75, 3.05) is 12.0 Å². The Labute approximate surface area is 174 Å². The molecule has 1 amide bonds. The Kier molecular flexibility index (Phi) is 6.15. The van der Waals surface area contributed by atoms with Gasteiger partial charge in [-0.25, -0.2) is 5.01 Å². The molecule has 1 heterocycles. The summed E-state index contributed by atoms with van der Waals surface area (Å²) in [6, 6.07) is 11.3. The summed E-state index contributed by atoms with van der Waals surface area (Å²) in [5.74, 6) is -1.29. The van der Waals surface area contributed by atoms with Crippen molar-refractivity contribution in [3.63, 3.8) is 0 Å². The van der Waals surface area contributed by atoms with E-state index in [9.17, 15) is 14.7 Å². The summed E-state index contributed by atoms with van der Waals surface area (Å²) in [6.45, 7) is 5.85. The number of aryl methyl sites for hydroxylation is 2. The van der Waals surface area contributed by atoms with Crippen LogP contribution in [0.15, 0.2) is 46.6 Å². The summed E-state index contributed by atoms with van der Waals surface area (Å²) in [6.07, 6.45) is 0.263. The molecule has 0 aliphatic carbocycles. The molecule has 0 saturated heterocycles. The minimum absolute atomic E-state index is 0.0326. The number of benzene rings is 2. The zero-order valence-corrected chi connectivity index (χ0v) is 17.1. The lowest BCUT2D eigenvalue weighted by molar-refractivity contribution is -0.137. The van der Waals surface area contributed by atoms with Gasteiger partial charge in [0, 0.05) is 18.5 Å². The molecular weight excluding hydrogens is 384 g/mol. The number of phenols is 1.